The van der Waals surface area contributed by atoms with Crippen LogP contribution in [0, 0.1) is 5.41 Å². The molecular formula is C8H9Cl3O. The normalized spacial score (nSPS) is 35.6. The molecule has 0 fully saturated rings. The Bertz CT molecular complexity index is 213. The zero-order chi connectivity index (χ0) is 9.41. The summed E-state index contributed by atoms with van der Waals surface area (Å²) in [5.74, 6) is 0. The first-order chi connectivity index (χ1) is 5.35. The highest BCUT2D eigenvalue weighted by Gasteiger charge is 2.41. The molecule has 0 atom stereocenters. The van der Waals surface area contributed by atoms with Gasteiger partial charge in [0, 0.05) is 0 Å². The van der Waals surface area contributed by atoms with Gasteiger partial charge < -0.3 is 5.11 Å². The first-order valence-corrected chi connectivity index (χ1v) is 4.62. The van der Waals surface area contributed by atoms with E-state index in [1.54, 1.807) is 31.2 Å². The van der Waals surface area contributed by atoms with Crippen molar-refractivity contribution in [1.82, 2.24) is 0 Å². The van der Waals surface area contributed by atoms with E-state index in [0.717, 1.165) is 0 Å². The van der Waals surface area contributed by atoms with Crippen LogP contribution in [0.3, 0.4) is 0 Å². The summed E-state index contributed by atoms with van der Waals surface area (Å²) in [6, 6.07) is 0. The van der Waals surface area contributed by atoms with Gasteiger partial charge in [0.1, 0.15) is 0 Å². The Balaban J connectivity index is 2.89. The minimum atomic E-state index is -1.37. The zero-order valence-corrected chi connectivity index (χ0v) is 8.74. The van der Waals surface area contributed by atoms with Crippen molar-refractivity contribution in [3.8, 4) is 0 Å². The Morgan fingerprint density at radius 2 is 1.67 bits per heavy atom. The molecule has 0 saturated carbocycles. The monoisotopic (exact) mass is 226 g/mol. The minimum absolute atomic E-state index is 0.564. The fourth-order valence-corrected chi connectivity index (χ4v) is 1.28. The maximum absolute atomic E-state index is 9.10. The van der Waals surface area contributed by atoms with Gasteiger partial charge >= 0.3 is 0 Å². The maximum Gasteiger partial charge on any atom is 0.202 e. The molecule has 1 rings (SSSR count). The van der Waals surface area contributed by atoms with Gasteiger partial charge in [-0.1, -0.05) is 59.1 Å². The van der Waals surface area contributed by atoms with Gasteiger partial charge in [0.15, 0.2) is 0 Å². The van der Waals surface area contributed by atoms with E-state index in [-0.39, 0.29) is 0 Å². The van der Waals surface area contributed by atoms with E-state index in [9.17, 15) is 0 Å². The molecule has 1 nitrogen and oxygen atoms in total. The Kier molecular flexibility index (Phi) is 2.79. The molecule has 1 N–H and O–H groups in total. The molecule has 1 aliphatic rings. The van der Waals surface area contributed by atoms with E-state index >= 15 is 0 Å². The van der Waals surface area contributed by atoms with Crippen molar-refractivity contribution in [3.63, 3.8) is 0 Å². The average Bonchev–Trinajstić information content (AvgIpc) is 1.93. The van der Waals surface area contributed by atoms with E-state index in [0.29, 0.717) is 0 Å². The first kappa shape index (κ1) is 10.4. The van der Waals surface area contributed by atoms with Gasteiger partial charge in [-0.2, -0.15) is 0 Å². The number of alkyl halides is 3. The molecule has 1 aliphatic carbocycles. The van der Waals surface area contributed by atoms with Crippen molar-refractivity contribution < 1.29 is 5.11 Å². The molecule has 0 spiro atoms. The van der Waals surface area contributed by atoms with Crippen molar-refractivity contribution in [2.75, 3.05) is 0 Å². The van der Waals surface area contributed by atoms with Gasteiger partial charge in [-0.3, -0.25) is 0 Å². The van der Waals surface area contributed by atoms with Gasteiger partial charge in [0.25, 0.3) is 0 Å². The number of allylic oxidation sites excluding steroid dienone is 2. The van der Waals surface area contributed by atoms with Crippen LogP contribution in [0.4, 0.5) is 0 Å². The van der Waals surface area contributed by atoms with Gasteiger partial charge in [-0.25, -0.2) is 0 Å². The van der Waals surface area contributed by atoms with Gasteiger partial charge in [0.2, 0.25) is 3.79 Å². The van der Waals surface area contributed by atoms with Crippen LogP contribution in [0.1, 0.15) is 6.92 Å². The largest absolute Gasteiger partial charge is 0.385 e. The van der Waals surface area contributed by atoms with E-state index < -0.39 is 15.3 Å². The zero-order valence-electron chi connectivity index (χ0n) is 6.47. The van der Waals surface area contributed by atoms with Crippen molar-refractivity contribution in [3.05, 3.63) is 24.3 Å². The van der Waals surface area contributed by atoms with Crippen LogP contribution in [0.5, 0.6) is 0 Å². The highest BCUT2D eigenvalue weighted by atomic mass is 35.6. The molecule has 0 saturated heterocycles. The smallest absolute Gasteiger partial charge is 0.202 e. The molecule has 0 aromatic heterocycles. The van der Waals surface area contributed by atoms with E-state index in [1.807, 2.05) is 0 Å². The third-order valence-electron chi connectivity index (χ3n) is 1.89. The highest BCUT2D eigenvalue weighted by molar-refractivity contribution is 6.68. The molecule has 0 amide bonds. The number of rotatable bonds is 0. The van der Waals surface area contributed by atoms with Crippen LogP contribution in [0.2, 0.25) is 0 Å². The molecule has 4 heteroatoms. The molecule has 0 unspecified atom stereocenters. The van der Waals surface area contributed by atoms with E-state index in [2.05, 4.69) is 0 Å². The predicted octanol–water partition coefficient (Wildman–Crippen LogP) is 2.85. The molecule has 68 valence electrons. The van der Waals surface area contributed by atoms with Gasteiger partial charge in [0.05, 0.1) is 11.5 Å². The Morgan fingerprint density at radius 1 is 1.25 bits per heavy atom. The fourth-order valence-electron chi connectivity index (χ4n) is 0.906. The van der Waals surface area contributed by atoms with Gasteiger partial charge in [-0.15, -0.1) is 0 Å². The quantitative estimate of drug-likeness (QED) is 0.498. The van der Waals surface area contributed by atoms with E-state index in [1.165, 1.54) is 0 Å². The molecule has 0 radical (unpaired) electrons. The van der Waals surface area contributed by atoms with Crippen LogP contribution in [-0.4, -0.2) is 15.0 Å². The fraction of sp³-hybridized carbons (Fsp3) is 0.500. The third-order valence-corrected chi connectivity index (χ3v) is 3.11. The summed E-state index contributed by atoms with van der Waals surface area (Å²) < 4.78 is -1.37. The predicted molar refractivity (Wildman–Crippen MR) is 52.7 cm³/mol. The Morgan fingerprint density at radius 3 is 2.00 bits per heavy atom. The minimum Gasteiger partial charge on any atom is -0.385 e. The number of halogens is 3. The lowest BCUT2D eigenvalue weighted by atomic mass is 9.87. The first-order valence-electron chi connectivity index (χ1n) is 3.49. The van der Waals surface area contributed by atoms with Gasteiger partial charge in [-0.05, 0) is 6.92 Å². The summed E-state index contributed by atoms with van der Waals surface area (Å²) >= 11 is 17.2. The lowest BCUT2D eigenvalue weighted by Gasteiger charge is -2.32. The summed E-state index contributed by atoms with van der Waals surface area (Å²) in [5.41, 5.74) is -0.628. The molecule has 12 heavy (non-hydrogen) atoms. The van der Waals surface area contributed by atoms with Crippen LogP contribution in [-0.2, 0) is 0 Å². The topological polar surface area (TPSA) is 20.2 Å². The van der Waals surface area contributed by atoms with Crippen molar-refractivity contribution >= 4 is 34.8 Å². The summed E-state index contributed by atoms with van der Waals surface area (Å²) in [6.07, 6.45) is 6.03. The number of hydrogen-bond donors (Lipinski definition) is 1. The van der Waals surface area contributed by atoms with Crippen LogP contribution >= 0.6 is 34.8 Å². The molecule has 0 aliphatic heterocycles. The summed E-state index contributed by atoms with van der Waals surface area (Å²) in [6.45, 7) is 1.79. The molecule has 0 bridgehead atoms. The number of aliphatic hydroxyl groups is 1. The van der Waals surface area contributed by atoms with Crippen LogP contribution < -0.4 is 0 Å². The Hall–Kier alpha value is 0.310. The van der Waals surface area contributed by atoms with Crippen LogP contribution in [0.15, 0.2) is 24.3 Å². The SMILES string of the molecule is CC1(C(Cl)(Cl)Cl)C=CC(O)C=C1. The highest BCUT2D eigenvalue weighted by Crippen LogP contribution is 2.47. The molecule has 0 aromatic rings. The second kappa shape index (κ2) is 3.22. The summed E-state index contributed by atoms with van der Waals surface area (Å²) in [7, 11) is 0. The van der Waals surface area contributed by atoms with Crippen molar-refractivity contribution in [1.29, 1.82) is 0 Å². The van der Waals surface area contributed by atoms with E-state index in [4.69, 9.17) is 39.9 Å². The average molecular weight is 228 g/mol. The lowest BCUT2D eigenvalue weighted by molar-refractivity contribution is 0.264. The molecule has 0 heterocycles. The molecule has 0 aromatic carbocycles. The summed E-state index contributed by atoms with van der Waals surface area (Å²) in [5, 5.41) is 9.10. The lowest BCUT2D eigenvalue weighted by Crippen LogP contribution is -2.30. The number of aliphatic hydroxyl groups excluding tert-OH is 1. The maximum atomic E-state index is 9.10. The molecular weight excluding hydrogens is 218 g/mol. The Labute approximate surface area is 86.6 Å². The summed E-state index contributed by atoms with van der Waals surface area (Å²) in [4.78, 5) is 0. The standard InChI is InChI=1S/C8H9Cl3O/c1-7(8(9,10)11)4-2-6(12)3-5-7/h2-6,12H,1H3. The second-order valence-corrected chi connectivity index (χ2v) is 5.27. The third kappa shape index (κ3) is 1.97. The van der Waals surface area contributed by atoms with Crippen molar-refractivity contribution in [2.45, 2.75) is 16.8 Å². The number of hydrogen-bond acceptors (Lipinski definition) is 1. The second-order valence-electron chi connectivity index (χ2n) is 2.99. The van der Waals surface area contributed by atoms with Crippen LogP contribution in [0.25, 0.3) is 0 Å². The van der Waals surface area contributed by atoms with Crippen molar-refractivity contribution in [2.24, 2.45) is 5.41 Å².